The van der Waals surface area contributed by atoms with Crippen LogP contribution in [0.5, 0.6) is 0 Å². The van der Waals surface area contributed by atoms with Gasteiger partial charge in [0.2, 0.25) is 0 Å². The lowest BCUT2D eigenvalue weighted by molar-refractivity contribution is 0.102. The number of carbonyl (C=O) groups is 1. The molecule has 0 saturated carbocycles. The predicted molar refractivity (Wildman–Crippen MR) is 70.5 cm³/mol. The van der Waals surface area contributed by atoms with E-state index in [2.05, 4.69) is 5.32 Å². The topological polar surface area (TPSA) is 29.1 Å². The van der Waals surface area contributed by atoms with Gasteiger partial charge in [-0.05, 0) is 48.9 Å². The van der Waals surface area contributed by atoms with Crippen LogP contribution in [0.2, 0.25) is 5.02 Å². The zero-order chi connectivity index (χ0) is 14.0. The molecule has 0 aliphatic heterocycles. The first-order valence-electron chi connectivity index (χ1n) is 5.50. The lowest BCUT2D eigenvalue weighted by atomic mass is 10.1. The first kappa shape index (κ1) is 13.5. The van der Waals surface area contributed by atoms with Gasteiger partial charge in [-0.1, -0.05) is 11.6 Å². The Balaban J connectivity index is 2.25. The molecule has 5 heteroatoms. The van der Waals surface area contributed by atoms with Crippen LogP contribution >= 0.6 is 11.6 Å². The summed E-state index contributed by atoms with van der Waals surface area (Å²) in [6.07, 6.45) is 0. The van der Waals surface area contributed by atoms with Gasteiger partial charge in [0.15, 0.2) is 0 Å². The molecule has 98 valence electrons. The Kier molecular flexibility index (Phi) is 3.81. The van der Waals surface area contributed by atoms with E-state index in [9.17, 15) is 13.6 Å². The second-order valence-corrected chi connectivity index (χ2v) is 4.45. The summed E-state index contributed by atoms with van der Waals surface area (Å²) in [5.74, 6) is -1.34. The second kappa shape index (κ2) is 5.36. The third kappa shape index (κ3) is 3.09. The number of rotatable bonds is 2. The van der Waals surface area contributed by atoms with E-state index in [0.29, 0.717) is 11.3 Å². The maximum absolute atomic E-state index is 13.2. The van der Waals surface area contributed by atoms with E-state index >= 15 is 0 Å². The van der Waals surface area contributed by atoms with Gasteiger partial charge in [-0.3, -0.25) is 4.79 Å². The molecule has 0 bridgehead atoms. The molecule has 0 radical (unpaired) electrons. The van der Waals surface area contributed by atoms with Crippen molar-refractivity contribution in [1.82, 2.24) is 0 Å². The molecule has 0 fully saturated rings. The summed E-state index contributed by atoms with van der Waals surface area (Å²) < 4.78 is 26.0. The molecule has 1 amide bonds. The number of anilines is 1. The Hall–Kier alpha value is -1.94. The number of carbonyl (C=O) groups excluding carboxylic acids is 1. The van der Waals surface area contributed by atoms with Gasteiger partial charge in [-0.2, -0.15) is 0 Å². The van der Waals surface area contributed by atoms with E-state index in [1.54, 1.807) is 6.92 Å². The van der Waals surface area contributed by atoms with Crippen LogP contribution in [0.15, 0.2) is 36.4 Å². The minimum atomic E-state index is -0.472. The smallest absolute Gasteiger partial charge is 0.257 e. The van der Waals surface area contributed by atoms with Gasteiger partial charge in [-0.25, -0.2) is 8.78 Å². The van der Waals surface area contributed by atoms with Crippen molar-refractivity contribution in [2.45, 2.75) is 6.92 Å². The first-order chi connectivity index (χ1) is 8.97. The highest BCUT2D eigenvalue weighted by atomic mass is 35.5. The van der Waals surface area contributed by atoms with Crippen molar-refractivity contribution >= 4 is 23.2 Å². The Morgan fingerprint density at radius 3 is 2.42 bits per heavy atom. The molecule has 2 nitrogen and oxygen atoms in total. The number of nitrogens with one attached hydrogen (secondary N) is 1. The molecule has 0 spiro atoms. The quantitative estimate of drug-likeness (QED) is 0.879. The lowest BCUT2D eigenvalue weighted by Gasteiger charge is -2.08. The summed E-state index contributed by atoms with van der Waals surface area (Å²) in [6.45, 7) is 1.54. The van der Waals surface area contributed by atoms with E-state index < -0.39 is 17.5 Å². The average molecular weight is 282 g/mol. The number of benzene rings is 2. The SMILES string of the molecule is Cc1cc(C(=O)Nc2ccc(F)cc2)c(Cl)cc1F. The van der Waals surface area contributed by atoms with Crippen LogP contribution in [-0.4, -0.2) is 5.91 Å². The summed E-state index contributed by atoms with van der Waals surface area (Å²) in [7, 11) is 0. The third-order valence-electron chi connectivity index (χ3n) is 2.60. The van der Waals surface area contributed by atoms with Crippen molar-refractivity contribution in [1.29, 1.82) is 0 Å². The molecule has 0 aliphatic rings. The fourth-order valence-electron chi connectivity index (χ4n) is 1.56. The fraction of sp³-hybridized carbons (Fsp3) is 0.0714. The van der Waals surface area contributed by atoms with E-state index in [-0.39, 0.29) is 10.6 Å². The molecule has 0 aromatic heterocycles. The van der Waals surface area contributed by atoms with Crippen molar-refractivity contribution in [2.24, 2.45) is 0 Å². The number of aryl methyl sites for hydroxylation is 1. The van der Waals surface area contributed by atoms with Gasteiger partial charge in [-0.15, -0.1) is 0 Å². The molecular weight excluding hydrogens is 272 g/mol. The van der Waals surface area contributed by atoms with Crippen molar-refractivity contribution in [2.75, 3.05) is 5.32 Å². The Morgan fingerprint density at radius 2 is 1.79 bits per heavy atom. The Morgan fingerprint density at radius 1 is 1.16 bits per heavy atom. The van der Waals surface area contributed by atoms with Crippen LogP contribution in [0.4, 0.5) is 14.5 Å². The molecule has 2 aromatic rings. The Labute approximate surface area is 114 Å². The maximum Gasteiger partial charge on any atom is 0.257 e. The van der Waals surface area contributed by atoms with Crippen molar-refractivity contribution < 1.29 is 13.6 Å². The summed E-state index contributed by atoms with van der Waals surface area (Å²) in [5.41, 5.74) is 0.933. The highest BCUT2D eigenvalue weighted by Gasteiger charge is 2.13. The number of hydrogen-bond donors (Lipinski definition) is 1. The summed E-state index contributed by atoms with van der Waals surface area (Å²) in [6, 6.07) is 7.78. The van der Waals surface area contributed by atoms with Gasteiger partial charge in [0.05, 0.1) is 10.6 Å². The molecule has 0 atom stereocenters. The van der Waals surface area contributed by atoms with E-state index in [0.717, 1.165) is 6.07 Å². The molecule has 0 saturated heterocycles. The van der Waals surface area contributed by atoms with Crippen LogP contribution in [-0.2, 0) is 0 Å². The monoisotopic (exact) mass is 281 g/mol. The molecule has 19 heavy (non-hydrogen) atoms. The molecule has 0 heterocycles. The summed E-state index contributed by atoms with van der Waals surface area (Å²) >= 11 is 5.83. The van der Waals surface area contributed by atoms with Gasteiger partial charge >= 0.3 is 0 Å². The van der Waals surface area contributed by atoms with Crippen LogP contribution in [0, 0.1) is 18.6 Å². The normalized spacial score (nSPS) is 10.3. The van der Waals surface area contributed by atoms with E-state index in [4.69, 9.17) is 11.6 Å². The van der Waals surface area contributed by atoms with Gasteiger partial charge < -0.3 is 5.32 Å². The molecule has 0 unspecified atom stereocenters. The van der Waals surface area contributed by atoms with Crippen LogP contribution in [0.3, 0.4) is 0 Å². The Bertz CT molecular complexity index is 626. The average Bonchev–Trinajstić information content (AvgIpc) is 2.36. The van der Waals surface area contributed by atoms with Crippen molar-refractivity contribution in [3.63, 3.8) is 0 Å². The van der Waals surface area contributed by atoms with Crippen LogP contribution < -0.4 is 5.32 Å². The van der Waals surface area contributed by atoms with E-state index in [1.807, 2.05) is 0 Å². The zero-order valence-electron chi connectivity index (χ0n) is 10.0. The number of amides is 1. The molecule has 2 aromatic carbocycles. The summed E-state index contributed by atoms with van der Waals surface area (Å²) in [5, 5.41) is 2.59. The van der Waals surface area contributed by atoms with Gasteiger partial charge in [0.25, 0.3) is 5.91 Å². The van der Waals surface area contributed by atoms with Gasteiger partial charge in [0.1, 0.15) is 11.6 Å². The van der Waals surface area contributed by atoms with Crippen molar-refractivity contribution in [3.05, 3.63) is 64.2 Å². The van der Waals surface area contributed by atoms with Gasteiger partial charge in [0, 0.05) is 5.69 Å². The predicted octanol–water partition coefficient (Wildman–Crippen LogP) is 4.18. The fourth-order valence-corrected chi connectivity index (χ4v) is 1.80. The lowest BCUT2D eigenvalue weighted by Crippen LogP contribution is -2.13. The number of halogens is 3. The van der Waals surface area contributed by atoms with Crippen LogP contribution in [0.25, 0.3) is 0 Å². The molecular formula is C14H10ClF2NO. The van der Waals surface area contributed by atoms with Crippen molar-refractivity contribution in [3.8, 4) is 0 Å². The molecule has 1 N–H and O–H groups in total. The standard InChI is InChI=1S/C14H10ClF2NO/c1-8-6-11(12(15)7-13(8)17)14(19)18-10-4-2-9(16)3-5-10/h2-7H,1H3,(H,18,19). The molecule has 2 rings (SSSR count). The second-order valence-electron chi connectivity index (χ2n) is 4.04. The minimum Gasteiger partial charge on any atom is -0.322 e. The first-order valence-corrected chi connectivity index (χ1v) is 5.88. The van der Waals surface area contributed by atoms with Crippen LogP contribution in [0.1, 0.15) is 15.9 Å². The highest BCUT2D eigenvalue weighted by Crippen LogP contribution is 2.21. The maximum atomic E-state index is 13.2. The minimum absolute atomic E-state index is 0.0303. The number of hydrogen-bond acceptors (Lipinski definition) is 1. The highest BCUT2D eigenvalue weighted by molar-refractivity contribution is 6.34. The molecule has 0 aliphatic carbocycles. The third-order valence-corrected chi connectivity index (χ3v) is 2.91. The largest absolute Gasteiger partial charge is 0.322 e. The zero-order valence-corrected chi connectivity index (χ0v) is 10.8. The summed E-state index contributed by atoms with van der Waals surface area (Å²) in [4.78, 5) is 12.0. The van der Waals surface area contributed by atoms with E-state index in [1.165, 1.54) is 30.3 Å².